The third-order valence-corrected chi connectivity index (χ3v) is 7.99. The van der Waals surface area contributed by atoms with Crippen molar-refractivity contribution in [1.82, 2.24) is 0 Å². The summed E-state index contributed by atoms with van der Waals surface area (Å²) in [4.78, 5) is 55.7. The number of hydrogen-bond acceptors (Lipinski definition) is 6. The molecule has 3 aliphatic rings. The van der Waals surface area contributed by atoms with Crippen molar-refractivity contribution in [2.75, 3.05) is 9.80 Å². The second-order valence-corrected chi connectivity index (χ2v) is 10.3. The maximum absolute atomic E-state index is 14.0. The van der Waals surface area contributed by atoms with Gasteiger partial charge in [0.2, 0.25) is 11.8 Å². The predicted molar refractivity (Wildman–Crippen MR) is 141 cm³/mol. The fourth-order valence-electron chi connectivity index (χ4n) is 5.79. The highest BCUT2D eigenvalue weighted by Gasteiger charge is 2.64. The van der Waals surface area contributed by atoms with Gasteiger partial charge in [-0.25, -0.2) is 4.90 Å². The lowest BCUT2D eigenvalue weighted by atomic mass is 9.86. The lowest BCUT2D eigenvalue weighted by Gasteiger charge is -2.36. The molecule has 9 heteroatoms. The second kappa shape index (κ2) is 8.48. The Balaban J connectivity index is 1.50. The van der Waals surface area contributed by atoms with E-state index in [0.717, 1.165) is 20.6 Å². The molecule has 0 bridgehead atoms. The minimum Gasteiger partial charge on any atom is -0.352 e. The van der Waals surface area contributed by atoms with Crippen molar-refractivity contribution in [2.45, 2.75) is 19.0 Å². The molecule has 2 saturated heterocycles. The first-order chi connectivity index (χ1) is 17.8. The van der Waals surface area contributed by atoms with Crippen LogP contribution in [-0.2, 0) is 9.59 Å². The first kappa shape index (κ1) is 23.3. The number of fused-ring (bicyclic) bond motifs is 5. The number of rotatable bonds is 4. The van der Waals surface area contributed by atoms with Crippen molar-refractivity contribution >= 4 is 56.7 Å². The molecule has 0 radical (unpaired) electrons. The molecular formula is C28H20BrN3O5. The molecule has 37 heavy (non-hydrogen) atoms. The van der Waals surface area contributed by atoms with Gasteiger partial charge in [0, 0.05) is 27.9 Å². The van der Waals surface area contributed by atoms with Gasteiger partial charge in [0.1, 0.15) is 6.04 Å². The average molecular weight is 558 g/mol. The molecule has 6 rings (SSSR count). The maximum atomic E-state index is 14.0. The number of benzene rings is 3. The van der Waals surface area contributed by atoms with Crippen LogP contribution in [0.5, 0.6) is 0 Å². The number of imide groups is 1. The van der Waals surface area contributed by atoms with Crippen LogP contribution in [0.2, 0.25) is 0 Å². The molecule has 8 nitrogen and oxygen atoms in total. The Bertz CT molecular complexity index is 1530. The van der Waals surface area contributed by atoms with Crippen molar-refractivity contribution in [3.8, 4) is 0 Å². The molecule has 2 fully saturated rings. The number of non-ortho nitro benzene ring substituents is 1. The number of aryl methyl sites for hydroxylation is 1. The third-order valence-electron chi connectivity index (χ3n) is 7.46. The topological polar surface area (TPSA) is 101 Å². The predicted octanol–water partition coefficient (Wildman–Crippen LogP) is 4.94. The number of nitro benzene ring substituents is 1. The molecule has 184 valence electrons. The number of nitro groups is 1. The number of hydrogen-bond donors (Lipinski definition) is 0. The van der Waals surface area contributed by atoms with E-state index in [1.54, 1.807) is 31.2 Å². The number of carbonyl (C=O) groups is 3. The van der Waals surface area contributed by atoms with E-state index in [9.17, 15) is 24.5 Å². The van der Waals surface area contributed by atoms with Crippen LogP contribution in [0.3, 0.4) is 0 Å². The van der Waals surface area contributed by atoms with Gasteiger partial charge in [-0.15, -0.1) is 0 Å². The number of ketones is 1. The molecule has 2 amide bonds. The highest BCUT2D eigenvalue weighted by molar-refractivity contribution is 9.10. The van der Waals surface area contributed by atoms with Gasteiger partial charge in [-0.2, -0.15) is 0 Å². The maximum Gasteiger partial charge on any atom is 0.271 e. The molecular weight excluding hydrogens is 538 g/mol. The smallest absolute Gasteiger partial charge is 0.271 e. The summed E-state index contributed by atoms with van der Waals surface area (Å²) in [6, 6.07) is 17.2. The fraction of sp³-hybridized carbons (Fsp3) is 0.179. The van der Waals surface area contributed by atoms with Crippen molar-refractivity contribution in [3.05, 3.63) is 104 Å². The lowest BCUT2D eigenvalue weighted by Crippen LogP contribution is -2.49. The van der Waals surface area contributed by atoms with E-state index in [0.29, 0.717) is 11.1 Å². The number of Topliss-reactive ketones (excluding diaryl/α,β-unsaturated/α-hetero) is 1. The molecule has 0 unspecified atom stereocenters. The highest BCUT2D eigenvalue weighted by Crippen LogP contribution is 2.50. The van der Waals surface area contributed by atoms with Gasteiger partial charge >= 0.3 is 0 Å². The van der Waals surface area contributed by atoms with Crippen LogP contribution in [0.4, 0.5) is 17.1 Å². The van der Waals surface area contributed by atoms with Crippen LogP contribution in [-0.4, -0.2) is 34.6 Å². The molecule has 4 atom stereocenters. The zero-order chi connectivity index (χ0) is 26.0. The van der Waals surface area contributed by atoms with Crippen molar-refractivity contribution in [3.63, 3.8) is 0 Å². The summed E-state index contributed by atoms with van der Waals surface area (Å²) in [7, 11) is 0. The van der Waals surface area contributed by atoms with Crippen LogP contribution in [0.15, 0.2) is 77.3 Å². The summed E-state index contributed by atoms with van der Waals surface area (Å²) in [5.41, 5.74) is 2.65. The lowest BCUT2D eigenvalue weighted by molar-refractivity contribution is -0.384. The molecule has 0 aliphatic carbocycles. The number of amides is 2. The van der Waals surface area contributed by atoms with Gasteiger partial charge < -0.3 is 4.90 Å². The van der Waals surface area contributed by atoms with E-state index >= 15 is 0 Å². The quantitative estimate of drug-likeness (QED) is 0.195. The summed E-state index contributed by atoms with van der Waals surface area (Å²) < 4.78 is 0.817. The zero-order valence-electron chi connectivity index (χ0n) is 19.6. The van der Waals surface area contributed by atoms with Gasteiger partial charge in [0.15, 0.2) is 5.78 Å². The summed E-state index contributed by atoms with van der Waals surface area (Å²) in [5, 5.41) is 11.4. The largest absolute Gasteiger partial charge is 0.352 e. The minimum atomic E-state index is -0.942. The van der Waals surface area contributed by atoms with E-state index in [1.807, 2.05) is 41.3 Å². The number of halogens is 1. The molecule has 3 aromatic rings. The van der Waals surface area contributed by atoms with E-state index in [2.05, 4.69) is 15.9 Å². The molecule has 0 spiro atoms. The molecule has 0 aromatic heterocycles. The summed E-state index contributed by atoms with van der Waals surface area (Å²) in [6.45, 7) is 1.70. The van der Waals surface area contributed by atoms with E-state index in [4.69, 9.17) is 0 Å². The number of anilines is 2. The average Bonchev–Trinajstić information content (AvgIpc) is 3.37. The summed E-state index contributed by atoms with van der Waals surface area (Å²) >= 11 is 3.39. The van der Waals surface area contributed by atoms with Crippen LogP contribution >= 0.6 is 15.9 Å². The fourth-order valence-corrected chi connectivity index (χ4v) is 6.05. The van der Waals surface area contributed by atoms with Crippen LogP contribution < -0.4 is 9.80 Å². The van der Waals surface area contributed by atoms with E-state index in [1.165, 1.54) is 18.2 Å². The van der Waals surface area contributed by atoms with Gasteiger partial charge in [-0.3, -0.25) is 24.5 Å². The monoisotopic (exact) mass is 557 g/mol. The first-order valence-corrected chi connectivity index (χ1v) is 12.6. The Hall–Kier alpha value is -4.11. The SMILES string of the molecule is Cc1ccc([N+](=O)[O-])cc1N1C(=O)[C@@H]2[C@@H](C1=O)[C@@H](C(=O)c1ccc(Br)cc1)N1c3ccccc3C=C[C@H]21. The van der Waals surface area contributed by atoms with Crippen molar-refractivity contribution < 1.29 is 19.3 Å². The Morgan fingerprint density at radius 1 is 0.946 bits per heavy atom. The molecule has 0 N–H and O–H groups in total. The van der Waals surface area contributed by atoms with Crippen molar-refractivity contribution in [2.24, 2.45) is 11.8 Å². The van der Waals surface area contributed by atoms with E-state index < -0.39 is 40.7 Å². The Morgan fingerprint density at radius 2 is 1.65 bits per heavy atom. The Morgan fingerprint density at radius 3 is 2.38 bits per heavy atom. The Kier molecular flexibility index (Phi) is 5.34. The van der Waals surface area contributed by atoms with Crippen LogP contribution in [0.1, 0.15) is 21.5 Å². The molecule has 3 aromatic carbocycles. The van der Waals surface area contributed by atoms with Gasteiger partial charge in [0.25, 0.3) is 5.69 Å². The van der Waals surface area contributed by atoms with Gasteiger partial charge in [-0.05, 0) is 36.2 Å². The third kappa shape index (κ3) is 3.45. The van der Waals surface area contributed by atoms with Crippen LogP contribution in [0.25, 0.3) is 6.08 Å². The van der Waals surface area contributed by atoms with Crippen LogP contribution in [0, 0.1) is 28.9 Å². The standard InChI is InChI=1S/C28H20BrN3O5/c1-15-6-12-19(32(36)37)14-22(15)31-27(34)23-21-13-9-16-4-2-3-5-20(16)30(21)25(24(23)28(31)35)26(33)17-7-10-18(29)11-8-17/h2-14,21,23-25H,1H3/t21-,23+,24-,25+/m1/s1. The zero-order valence-corrected chi connectivity index (χ0v) is 21.2. The minimum absolute atomic E-state index is 0.181. The van der Waals surface area contributed by atoms with Crippen molar-refractivity contribution in [1.29, 1.82) is 0 Å². The van der Waals surface area contributed by atoms with Gasteiger partial charge in [-0.1, -0.05) is 64.5 Å². The highest BCUT2D eigenvalue weighted by atomic mass is 79.9. The number of nitrogens with zero attached hydrogens (tertiary/aromatic N) is 3. The molecule has 3 aliphatic heterocycles. The van der Waals surface area contributed by atoms with E-state index in [-0.39, 0.29) is 17.2 Å². The number of carbonyl (C=O) groups excluding carboxylic acids is 3. The van der Waals surface area contributed by atoms with Gasteiger partial charge in [0.05, 0.1) is 28.5 Å². The summed E-state index contributed by atoms with van der Waals surface area (Å²) in [5.74, 6) is -2.98. The second-order valence-electron chi connectivity index (χ2n) is 9.42. The summed E-state index contributed by atoms with van der Waals surface area (Å²) in [6.07, 6.45) is 3.79. The molecule has 0 saturated carbocycles. The Labute approximate surface area is 220 Å². The number of para-hydroxylation sites is 1. The first-order valence-electron chi connectivity index (χ1n) is 11.8. The molecule has 3 heterocycles. The normalized spacial score (nSPS) is 23.6.